The van der Waals surface area contributed by atoms with Crippen LogP contribution in [0.1, 0.15) is 15.9 Å². The lowest BCUT2D eigenvalue weighted by atomic mass is 10.1. The number of hydrogen-bond acceptors (Lipinski definition) is 4. The molecule has 2 rings (SSSR count). The molecule has 0 atom stereocenters. The summed E-state index contributed by atoms with van der Waals surface area (Å²) < 4.78 is 0. The number of anilines is 1. The molecule has 0 aliphatic carbocycles. The number of nitrogens with one attached hydrogen (secondary N) is 1. The Hall–Kier alpha value is -2.69. The summed E-state index contributed by atoms with van der Waals surface area (Å²) in [6.45, 7) is 1.92. The van der Waals surface area contributed by atoms with E-state index in [1.165, 1.54) is 0 Å². The summed E-state index contributed by atoms with van der Waals surface area (Å²) >= 11 is 0. The van der Waals surface area contributed by atoms with Gasteiger partial charge in [-0.15, -0.1) is 0 Å². The fraction of sp³-hybridized carbons (Fsp3) is 0.0714. The maximum Gasteiger partial charge on any atom is 0.263 e. The number of phenols is 3. The molecule has 0 aromatic heterocycles. The van der Waals surface area contributed by atoms with E-state index in [1.807, 2.05) is 19.1 Å². The highest BCUT2D eigenvalue weighted by molar-refractivity contribution is 6.08. The van der Waals surface area contributed by atoms with E-state index in [0.717, 1.165) is 17.7 Å². The molecular weight excluding hydrogens is 246 g/mol. The third-order valence-corrected chi connectivity index (χ3v) is 2.62. The first-order valence-corrected chi connectivity index (χ1v) is 5.60. The highest BCUT2D eigenvalue weighted by Crippen LogP contribution is 2.32. The molecule has 0 fully saturated rings. The van der Waals surface area contributed by atoms with Gasteiger partial charge in [-0.1, -0.05) is 17.7 Å². The molecule has 0 aliphatic heterocycles. The maximum absolute atomic E-state index is 11.9. The van der Waals surface area contributed by atoms with E-state index >= 15 is 0 Å². The van der Waals surface area contributed by atoms with Gasteiger partial charge in [-0.25, -0.2) is 0 Å². The molecule has 0 radical (unpaired) electrons. The quantitative estimate of drug-likeness (QED) is 0.666. The molecule has 2 aromatic rings. The van der Waals surface area contributed by atoms with E-state index in [9.17, 15) is 15.0 Å². The van der Waals surface area contributed by atoms with Crippen LogP contribution in [0.3, 0.4) is 0 Å². The monoisotopic (exact) mass is 259 g/mol. The van der Waals surface area contributed by atoms with Crippen molar-refractivity contribution < 1.29 is 20.1 Å². The van der Waals surface area contributed by atoms with Gasteiger partial charge in [0.2, 0.25) is 0 Å². The lowest BCUT2D eigenvalue weighted by Gasteiger charge is -2.09. The summed E-state index contributed by atoms with van der Waals surface area (Å²) in [5.41, 5.74) is 1.31. The third-order valence-electron chi connectivity index (χ3n) is 2.62. The summed E-state index contributed by atoms with van der Waals surface area (Å²) in [5, 5.41) is 30.9. The number of amides is 1. The van der Waals surface area contributed by atoms with Crippen LogP contribution in [-0.2, 0) is 0 Å². The Morgan fingerprint density at radius 1 is 1.00 bits per heavy atom. The van der Waals surface area contributed by atoms with Crippen LogP contribution >= 0.6 is 0 Å². The standard InChI is InChI=1S/C14H13NO4/c1-8-2-4-9(5-3-8)15-14(19)13-11(17)6-10(16)7-12(13)18/h2-7,16-18H,1H3,(H,15,19). The van der Waals surface area contributed by atoms with Crippen molar-refractivity contribution >= 4 is 11.6 Å². The number of hydrogen-bond donors (Lipinski definition) is 4. The average Bonchev–Trinajstić information content (AvgIpc) is 2.30. The van der Waals surface area contributed by atoms with Crippen LogP contribution in [0.2, 0.25) is 0 Å². The molecule has 0 bridgehead atoms. The van der Waals surface area contributed by atoms with E-state index in [0.29, 0.717) is 5.69 Å². The summed E-state index contributed by atoms with van der Waals surface area (Å²) in [6.07, 6.45) is 0. The zero-order valence-corrected chi connectivity index (χ0v) is 10.2. The van der Waals surface area contributed by atoms with Gasteiger partial charge in [0.1, 0.15) is 22.8 Å². The molecular formula is C14H13NO4. The van der Waals surface area contributed by atoms with Crippen LogP contribution in [0.25, 0.3) is 0 Å². The zero-order chi connectivity index (χ0) is 14.0. The van der Waals surface area contributed by atoms with Crippen molar-refractivity contribution in [2.75, 3.05) is 5.32 Å². The van der Waals surface area contributed by atoms with Crippen molar-refractivity contribution in [3.05, 3.63) is 47.5 Å². The first kappa shape index (κ1) is 12.8. The number of rotatable bonds is 2. The van der Waals surface area contributed by atoms with E-state index in [1.54, 1.807) is 12.1 Å². The Labute approximate surface area is 109 Å². The van der Waals surface area contributed by atoms with Crippen LogP contribution in [0, 0.1) is 6.92 Å². The molecule has 0 heterocycles. The van der Waals surface area contributed by atoms with Gasteiger partial charge in [-0.05, 0) is 19.1 Å². The van der Waals surface area contributed by atoms with Crippen molar-refractivity contribution in [1.29, 1.82) is 0 Å². The highest BCUT2D eigenvalue weighted by atomic mass is 16.3. The fourth-order valence-electron chi connectivity index (χ4n) is 1.66. The molecule has 5 nitrogen and oxygen atoms in total. The summed E-state index contributed by atoms with van der Waals surface area (Å²) in [5.74, 6) is -1.94. The first-order valence-electron chi connectivity index (χ1n) is 5.60. The fourth-order valence-corrected chi connectivity index (χ4v) is 1.66. The molecule has 4 N–H and O–H groups in total. The van der Waals surface area contributed by atoms with Gasteiger partial charge in [0, 0.05) is 17.8 Å². The van der Waals surface area contributed by atoms with Gasteiger partial charge in [0.15, 0.2) is 0 Å². The van der Waals surface area contributed by atoms with Crippen molar-refractivity contribution in [2.24, 2.45) is 0 Å². The number of aryl methyl sites for hydroxylation is 1. The van der Waals surface area contributed by atoms with Gasteiger partial charge in [-0.2, -0.15) is 0 Å². The first-order chi connectivity index (χ1) is 8.97. The van der Waals surface area contributed by atoms with Crippen LogP contribution in [-0.4, -0.2) is 21.2 Å². The second kappa shape index (κ2) is 4.89. The second-order valence-corrected chi connectivity index (χ2v) is 4.18. The van der Waals surface area contributed by atoms with E-state index in [4.69, 9.17) is 5.11 Å². The molecule has 0 aliphatic rings. The number of benzene rings is 2. The zero-order valence-electron chi connectivity index (χ0n) is 10.2. The Morgan fingerprint density at radius 3 is 2.05 bits per heavy atom. The molecule has 5 heteroatoms. The van der Waals surface area contributed by atoms with Crippen molar-refractivity contribution in [3.63, 3.8) is 0 Å². The van der Waals surface area contributed by atoms with Crippen molar-refractivity contribution in [3.8, 4) is 17.2 Å². The number of aromatic hydroxyl groups is 3. The molecule has 98 valence electrons. The van der Waals surface area contributed by atoms with Crippen molar-refractivity contribution in [1.82, 2.24) is 0 Å². The van der Waals surface area contributed by atoms with Crippen molar-refractivity contribution in [2.45, 2.75) is 6.92 Å². The molecule has 0 unspecified atom stereocenters. The van der Waals surface area contributed by atoms with Crippen LogP contribution in [0.15, 0.2) is 36.4 Å². The summed E-state index contributed by atoms with van der Waals surface area (Å²) in [4.78, 5) is 11.9. The molecule has 0 saturated carbocycles. The topological polar surface area (TPSA) is 89.8 Å². The molecule has 19 heavy (non-hydrogen) atoms. The Balaban J connectivity index is 2.28. The minimum Gasteiger partial charge on any atom is -0.508 e. The predicted octanol–water partition coefficient (Wildman–Crippen LogP) is 2.36. The van der Waals surface area contributed by atoms with Gasteiger partial charge < -0.3 is 20.6 Å². The SMILES string of the molecule is Cc1ccc(NC(=O)c2c(O)cc(O)cc2O)cc1. The van der Waals surface area contributed by atoms with E-state index < -0.39 is 17.4 Å². The van der Waals surface area contributed by atoms with Gasteiger partial charge >= 0.3 is 0 Å². The van der Waals surface area contributed by atoms with Crippen LogP contribution < -0.4 is 5.32 Å². The third kappa shape index (κ3) is 2.77. The van der Waals surface area contributed by atoms with Gasteiger partial charge in [0.25, 0.3) is 5.91 Å². The smallest absolute Gasteiger partial charge is 0.263 e. The van der Waals surface area contributed by atoms with E-state index in [-0.39, 0.29) is 11.3 Å². The van der Waals surface area contributed by atoms with Gasteiger partial charge in [-0.3, -0.25) is 4.79 Å². The highest BCUT2D eigenvalue weighted by Gasteiger charge is 2.17. The molecule has 0 spiro atoms. The van der Waals surface area contributed by atoms with Crippen LogP contribution in [0.4, 0.5) is 5.69 Å². The summed E-state index contributed by atoms with van der Waals surface area (Å²) in [7, 11) is 0. The second-order valence-electron chi connectivity index (χ2n) is 4.18. The minimum atomic E-state index is -0.654. The largest absolute Gasteiger partial charge is 0.508 e. The maximum atomic E-state index is 11.9. The van der Waals surface area contributed by atoms with E-state index in [2.05, 4.69) is 5.32 Å². The molecule has 0 saturated heterocycles. The minimum absolute atomic E-state index is 0.279. The lowest BCUT2D eigenvalue weighted by molar-refractivity contribution is 0.102. The lowest BCUT2D eigenvalue weighted by Crippen LogP contribution is -2.12. The number of carbonyl (C=O) groups is 1. The van der Waals surface area contributed by atoms with Crippen LogP contribution in [0.5, 0.6) is 17.2 Å². The van der Waals surface area contributed by atoms with Gasteiger partial charge in [0.05, 0.1) is 0 Å². The molecule has 2 aromatic carbocycles. The normalized spacial score (nSPS) is 10.2. The predicted molar refractivity (Wildman–Crippen MR) is 70.6 cm³/mol. The average molecular weight is 259 g/mol. The Morgan fingerprint density at radius 2 is 1.53 bits per heavy atom. The number of carbonyl (C=O) groups excluding carboxylic acids is 1. The Bertz CT molecular complexity index is 597. The summed E-state index contributed by atoms with van der Waals surface area (Å²) in [6, 6.07) is 9.05. The number of phenolic OH excluding ortho intramolecular Hbond substituents is 3. The Kier molecular flexibility index (Phi) is 3.29. The molecule has 1 amide bonds.